The molecule has 3 fully saturated rings. The number of carbonyl (C=O) groups excluding carboxylic acids is 2. The number of aromatic nitrogens is 4. The number of piperidine rings is 3. The second kappa shape index (κ2) is 15.4. The Balaban J connectivity index is 1.17. The van der Waals surface area contributed by atoms with E-state index >= 15 is 0 Å². The summed E-state index contributed by atoms with van der Waals surface area (Å²) in [6.07, 6.45) is 8.03. The molecule has 2 unspecified atom stereocenters. The van der Waals surface area contributed by atoms with Gasteiger partial charge in [-0.3, -0.25) is 14.5 Å². The Hall–Kier alpha value is -3.95. The van der Waals surface area contributed by atoms with Gasteiger partial charge in [0.2, 0.25) is 5.91 Å². The van der Waals surface area contributed by atoms with Crippen LogP contribution in [0.5, 0.6) is 0 Å². The van der Waals surface area contributed by atoms with Crippen LogP contribution in [-0.4, -0.2) is 120 Å². The van der Waals surface area contributed by atoms with Crippen molar-refractivity contribution in [2.75, 3.05) is 45.0 Å². The highest BCUT2D eigenvalue weighted by Crippen LogP contribution is 2.34. The maximum Gasteiger partial charge on any atom is 0.326 e. The van der Waals surface area contributed by atoms with Crippen LogP contribution in [0.25, 0.3) is 21.9 Å². The molecule has 4 aromatic rings. The highest BCUT2D eigenvalue weighted by Gasteiger charge is 2.44. The summed E-state index contributed by atoms with van der Waals surface area (Å²) in [6.45, 7) is 10.3. The molecule has 3 amide bonds. The van der Waals surface area contributed by atoms with Gasteiger partial charge in [-0.2, -0.15) is 5.10 Å². The van der Waals surface area contributed by atoms with E-state index in [9.17, 15) is 22.8 Å². The number of carbonyl (C=O) groups is 2. The largest absolute Gasteiger partial charge is 0.341 e. The third-order valence-corrected chi connectivity index (χ3v) is 15.8. The first-order valence-electron chi connectivity index (χ1n) is 19.3. The molecule has 2 aromatic carbocycles. The number of imidazole rings is 1. The zero-order valence-corrected chi connectivity index (χ0v) is 33.0. The molecule has 286 valence electrons. The van der Waals surface area contributed by atoms with Gasteiger partial charge in [0.15, 0.2) is 9.84 Å². The smallest absolute Gasteiger partial charge is 0.326 e. The van der Waals surface area contributed by atoms with Crippen molar-refractivity contribution in [3.05, 3.63) is 64.7 Å². The Kier molecular flexibility index (Phi) is 10.9. The van der Waals surface area contributed by atoms with Crippen LogP contribution < -0.4 is 11.0 Å². The van der Waals surface area contributed by atoms with Gasteiger partial charge >= 0.3 is 11.7 Å². The lowest BCUT2D eigenvalue weighted by Crippen LogP contribution is -2.58. The number of H-pyrrole nitrogens is 2. The van der Waals surface area contributed by atoms with Crippen molar-refractivity contribution in [1.82, 2.24) is 39.8 Å². The predicted molar refractivity (Wildman–Crippen MR) is 211 cm³/mol. The van der Waals surface area contributed by atoms with E-state index in [1.165, 1.54) is 19.3 Å². The van der Waals surface area contributed by atoms with E-state index in [-0.39, 0.29) is 23.4 Å². The molecule has 0 aliphatic carbocycles. The second-order valence-corrected chi connectivity index (χ2v) is 24.3. The minimum Gasteiger partial charge on any atom is -0.341 e. The molecule has 3 N–H and O–H groups in total. The number of urea groups is 1. The van der Waals surface area contributed by atoms with Crippen LogP contribution in [-0.2, 0) is 14.6 Å². The zero-order chi connectivity index (χ0) is 37.3. The number of nitrogens with one attached hydrogen (secondary N) is 3. The molecular weight excluding hydrogens is 709 g/mol. The van der Waals surface area contributed by atoms with Gasteiger partial charge in [-0.1, -0.05) is 44.3 Å². The van der Waals surface area contributed by atoms with E-state index in [4.69, 9.17) is 0 Å². The van der Waals surface area contributed by atoms with Gasteiger partial charge in [-0.25, -0.2) is 18.0 Å². The lowest BCUT2D eigenvalue weighted by Gasteiger charge is -2.42. The number of rotatable bonds is 10. The fourth-order valence-electron chi connectivity index (χ4n) is 8.51. The summed E-state index contributed by atoms with van der Waals surface area (Å²) >= 11 is 0. The SMILES string of the molecule is C[Si](C)(C)CCS(=O)(=O)C(c1ccc2[nH]ncc2c1)C(NC(=O)N1CCC(n2c(=O)[nH]c3ccccc32)CC1)C(=O)N1CCC(N2CCCCC2)CC1. The zero-order valence-electron chi connectivity index (χ0n) is 31.2. The van der Waals surface area contributed by atoms with Crippen LogP contribution in [0.1, 0.15) is 61.8 Å². The van der Waals surface area contributed by atoms with Gasteiger partial charge in [-0.05, 0) is 87.5 Å². The number of amides is 3. The summed E-state index contributed by atoms with van der Waals surface area (Å²) in [7, 11) is -5.73. The molecule has 0 saturated carbocycles. The fourth-order valence-corrected chi connectivity index (χ4v) is 13.5. The molecular formula is C38H54N8O5SSi. The van der Waals surface area contributed by atoms with Gasteiger partial charge in [0.1, 0.15) is 11.3 Å². The molecule has 2 atom stereocenters. The minimum absolute atomic E-state index is 0.0712. The number of likely N-dealkylation sites (tertiary alicyclic amines) is 3. The summed E-state index contributed by atoms with van der Waals surface area (Å²) in [5.41, 5.74) is 2.65. The Morgan fingerprint density at radius 1 is 0.887 bits per heavy atom. The molecule has 0 radical (unpaired) electrons. The minimum atomic E-state index is -3.94. The third-order valence-electron chi connectivity index (χ3n) is 11.6. The molecule has 3 aliphatic heterocycles. The summed E-state index contributed by atoms with van der Waals surface area (Å²) in [5, 5.41) is 9.54. The average molecular weight is 763 g/mol. The highest BCUT2D eigenvalue weighted by atomic mass is 32.2. The maximum absolute atomic E-state index is 14.8. The van der Waals surface area contributed by atoms with Gasteiger partial charge in [0, 0.05) is 57.5 Å². The lowest BCUT2D eigenvalue weighted by molar-refractivity contribution is -0.135. The van der Waals surface area contributed by atoms with Crippen molar-refractivity contribution in [3.63, 3.8) is 0 Å². The Morgan fingerprint density at radius 3 is 2.28 bits per heavy atom. The standard InChI is InChI=1S/C38H54N8O5SSi/c1-53(2,3)24-23-52(50,51)35(27-11-12-31-28(25-27)26-39-42-31)34(36(47)44-19-13-29(14-20-44)43-17-7-4-8-18-43)41-37(48)45-21-15-30(16-22-45)46-33-10-6-5-9-32(33)40-38(46)49/h5-6,9-12,25-26,29-30,34-35H,4,7-8,13-24H2,1-3H3,(H,39,42)(H,40,49)(H,41,48). The molecule has 15 heteroatoms. The number of hydrogen-bond donors (Lipinski definition) is 3. The van der Waals surface area contributed by atoms with Crippen LogP contribution >= 0.6 is 0 Å². The van der Waals surface area contributed by atoms with E-state index in [1.54, 1.807) is 38.8 Å². The summed E-state index contributed by atoms with van der Waals surface area (Å²) in [4.78, 5) is 50.9. The van der Waals surface area contributed by atoms with E-state index in [0.717, 1.165) is 47.9 Å². The number of nitrogens with zero attached hydrogens (tertiary/aromatic N) is 5. The molecule has 5 heterocycles. The van der Waals surface area contributed by atoms with E-state index in [1.807, 2.05) is 24.3 Å². The van der Waals surface area contributed by atoms with Gasteiger partial charge < -0.3 is 25.0 Å². The first-order valence-corrected chi connectivity index (χ1v) is 24.7. The lowest BCUT2D eigenvalue weighted by atomic mass is 9.97. The van der Waals surface area contributed by atoms with Crippen molar-refractivity contribution >= 4 is 51.8 Å². The third kappa shape index (κ3) is 8.26. The van der Waals surface area contributed by atoms with Gasteiger partial charge in [0.05, 0.1) is 22.7 Å². The number of sulfone groups is 1. The maximum atomic E-state index is 14.8. The summed E-state index contributed by atoms with van der Waals surface area (Å²) in [5.74, 6) is -0.428. The molecule has 0 bridgehead atoms. The fraction of sp³-hybridized carbons (Fsp3) is 0.579. The number of aromatic amines is 2. The number of para-hydroxylation sites is 2. The molecule has 3 aliphatic rings. The Bertz CT molecular complexity index is 2080. The average Bonchev–Trinajstić information content (AvgIpc) is 3.77. The van der Waals surface area contributed by atoms with E-state index in [2.05, 4.69) is 45.0 Å². The molecule has 0 spiro atoms. The Labute approximate surface area is 312 Å². The molecule has 13 nitrogen and oxygen atoms in total. The Morgan fingerprint density at radius 2 is 1.57 bits per heavy atom. The molecule has 2 aromatic heterocycles. The first-order chi connectivity index (χ1) is 25.4. The van der Waals surface area contributed by atoms with Crippen LogP contribution in [0.2, 0.25) is 25.7 Å². The summed E-state index contributed by atoms with van der Waals surface area (Å²) < 4.78 is 31.0. The van der Waals surface area contributed by atoms with Crippen LogP contribution in [0, 0.1) is 0 Å². The predicted octanol–water partition coefficient (Wildman–Crippen LogP) is 4.89. The van der Waals surface area contributed by atoms with Gasteiger partial charge in [0.25, 0.3) is 0 Å². The van der Waals surface area contributed by atoms with Crippen molar-refractivity contribution in [1.29, 1.82) is 0 Å². The van der Waals surface area contributed by atoms with Gasteiger partial charge in [-0.15, -0.1) is 0 Å². The van der Waals surface area contributed by atoms with Crippen molar-refractivity contribution in [3.8, 4) is 0 Å². The van der Waals surface area contributed by atoms with E-state index in [0.29, 0.717) is 56.7 Å². The number of hydrogen-bond acceptors (Lipinski definition) is 7. The normalized spacial score (nSPS) is 19.8. The van der Waals surface area contributed by atoms with Crippen molar-refractivity contribution in [2.24, 2.45) is 0 Å². The molecule has 7 rings (SSSR count). The van der Waals surface area contributed by atoms with E-state index < -0.39 is 35.2 Å². The van der Waals surface area contributed by atoms with Crippen molar-refractivity contribution < 1.29 is 18.0 Å². The summed E-state index contributed by atoms with van der Waals surface area (Å²) in [6, 6.07) is 12.0. The topological polar surface area (TPSA) is 156 Å². The van der Waals surface area contributed by atoms with Crippen LogP contribution in [0.3, 0.4) is 0 Å². The first kappa shape index (κ1) is 37.4. The second-order valence-electron chi connectivity index (χ2n) is 16.4. The number of fused-ring (bicyclic) bond motifs is 2. The molecule has 53 heavy (non-hydrogen) atoms. The quantitative estimate of drug-likeness (QED) is 0.194. The highest BCUT2D eigenvalue weighted by molar-refractivity contribution is 7.91. The number of benzene rings is 2. The van der Waals surface area contributed by atoms with Crippen LogP contribution in [0.15, 0.2) is 53.5 Å². The molecule has 3 saturated heterocycles. The monoisotopic (exact) mass is 762 g/mol. The van der Waals surface area contributed by atoms with Crippen LogP contribution in [0.4, 0.5) is 4.79 Å². The van der Waals surface area contributed by atoms with Crippen molar-refractivity contribution in [2.45, 2.75) is 94.0 Å².